The van der Waals surface area contributed by atoms with Gasteiger partial charge in [0.1, 0.15) is 16.5 Å². The summed E-state index contributed by atoms with van der Waals surface area (Å²) in [5, 5.41) is 0. The third-order valence-corrected chi connectivity index (χ3v) is 7.14. The van der Waals surface area contributed by atoms with Crippen LogP contribution in [-0.2, 0) is 14.8 Å². The van der Waals surface area contributed by atoms with Crippen molar-refractivity contribution in [2.24, 2.45) is 5.73 Å². The molecule has 1 saturated heterocycles. The molecule has 1 saturated carbocycles. The van der Waals surface area contributed by atoms with E-state index in [1.54, 1.807) is 4.90 Å². The van der Waals surface area contributed by atoms with Crippen LogP contribution in [0, 0.1) is 11.6 Å². The third-order valence-electron chi connectivity index (χ3n) is 5.21. The fourth-order valence-corrected chi connectivity index (χ4v) is 5.13. The van der Waals surface area contributed by atoms with Gasteiger partial charge in [0.15, 0.2) is 0 Å². The van der Waals surface area contributed by atoms with Gasteiger partial charge in [0.2, 0.25) is 15.9 Å². The minimum atomic E-state index is -4.08. The van der Waals surface area contributed by atoms with Crippen LogP contribution < -0.4 is 5.73 Å². The van der Waals surface area contributed by atoms with Crippen LogP contribution in [0.25, 0.3) is 0 Å². The van der Waals surface area contributed by atoms with E-state index in [4.69, 9.17) is 5.73 Å². The van der Waals surface area contributed by atoms with Crippen LogP contribution in [0.2, 0.25) is 0 Å². The first-order valence-corrected chi connectivity index (χ1v) is 10.2. The Bertz CT molecular complexity index is 786. The second-order valence-electron chi connectivity index (χ2n) is 6.99. The Kier molecular flexibility index (Phi) is 5.32. The second-order valence-corrected chi connectivity index (χ2v) is 8.89. The number of nitrogens with zero attached hydrogens (tertiary/aromatic N) is 2. The van der Waals surface area contributed by atoms with Crippen molar-refractivity contribution < 1.29 is 22.0 Å². The monoisotopic (exact) mass is 387 g/mol. The molecule has 1 amide bonds. The molecule has 1 aliphatic heterocycles. The number of rotatable bonds is 3. The van der Waals surface area contributed by atoms with Crippen molar-refractivity contribution in [2.45, 2.75) is 42.5 Å². The standard InChI is InChI=1S/C17H23F2N3O3S/c18-13-4-5-15(14(19)12-13)26(24,25)22-10-8-21(9-11-22)16(23)17(20)6-2-1-3-7-17/h4-5,12H,1-3,6-11,20H2. The summed E-state index contributed by atoms with van der Waals surface area (Å²) in [7, 11) is -4.08. The van der Waals surface area contributed by atoms with E-state index in [-0.39, 0.29) is 32.1 Å². The number of amides is 1. The lowest BCUT2D eigenvalue weighted by molar-refractivity contribution is -0.139. The molecule has 2 fully saturated rings. The number of nitrogens with two attached hydrogens (primary N) is 1. The molecule has 1 aromatic rings. The summed E-state index contributed by atoms with van der Waals surface area (Å²) in [5.41, 5.74) is 5.41. The van der Waals surface area contributed by atoms with Crippen molar-refractivity contribution in [3.63, 3.8) is 0 Å². The van der Waals surface area contributed by atoms with Gasteiger partial charge in [0, 0.05) is 32.2 Å². The van der Waals surface area contributed by atoms with Gasteiger partial charge in [-0.15, -0.1) is 0 Å². The highest BCUT2D eigenvalue weighted by Crippen LogP contribution is 2.29. The number of sulfonamides is 1. The van der Waals surface area contributed by atoms with Crippen molar-refractivity contribution in [1.29, 1.82) is 0 Å². The van der Waals surface area contributed by atoms with E-state index in [1.807, 2.05) is 0 Å². The van der Waals surface area contributed by atoms with Gasteiger partial charge in [-0.2, -0.15) is 4.31 Å². The predicted octanol–water partition coefficient (Wildman–Crippen LogP) is 1.46. The molecule has 1 heterocycles. The lowest BCUT2D eigenvalue weighted by Gasteiger charge is -2.40. The summed E-state index contributed by atoms with van der Waals surface area (Å²) in [6.07, 6.45) is 4.19. The van der Waals surface area contributed by atoms with Gasteiger partial charge in [-0.05, 0) is 25.0 Å². The number of carbonyl (C=O) groups is 1. The van der Waals surface area contributed by atoms with E-state index in [1.165, 1.54) is 0 Å². The number of piperazine rings is 1. The highest BCUT2D eigenvalue weighted by atomic mass is 32.2. The summed E-state index contributed by atoms with van der Waals surface area (Å²) in [6, 6.07) is 2.39. The summed E-state index contributed by atoms with van der Waals surface area (Å²) in [4.78, 5) is 13.8. The molecule has 2 aliphatic rings. The molecule has 1 aromatic carbocycles. The average molecular weight is 387 g/mol. The summed E-state index contributed by atoms with van der Waals surface area (Å²) >= 11 is 0. The highest BCUT2D eigenvalue weighted by molar-refractivity contribution is 7.89. The Morgan fingerprint density at radius 1 is 1.04 bits per heavy atom. The average Bonchev–Trinajstić information content (AvgIpc) is 2.61. The van der Waals surface area contributed by atoms with Crippen molar-refractivity contribution in [3.05, 3.63) is 29.8 Å². The largest absolute Gasteiger partial charge is 0.338 e. The van der Waals surface area contributed by atoms with Crippen molar-refractivity contribution in [3.8, 4) is 0 Å². The van der Waals surface area contributed by atoms with Crippen LogP contribution >= 0.6 is 0 Å². The first kappa shape index (κ1) is 19.2. The number of carbonyl (C=O) groups excluding carboxylic acids is 1. The number of hydrogen-bond donors (Lipinski definition) is 1. The molecule has 9 heteroatoms. The molecule has 2 N–H and O–H groups in total. The molecule has 0 aromatic heterocycles. The maximum Gasteiger partial charge on any atom is 0.246 e. The topological polar surface area (TPSA) is 83.7 Å². The Labute approximate surface area is 152 Å². The summed E-state index contributed by atoms with van der Waals surface area (Å²) < 4.78 is 53.2. The Morgan fingerprint density at radius 2 is 1.65 bits per heavy atom. The molecular weight excluding hydrogens is 364 g/mol. The number of hydrogen-bond acceptors (Lipinski definition) is 4. The predicted molar refractivity (Wildman–Crippen MR) is 91.7 cm³/mol. The Balaban J connectivity index is 1.69. The van der Waals surface area contributed by atoms with Crippen LogP contribution in [0.15, 0.2) is 23.1 Å². The molecule has 26 heavy (non-hydrogen) atoms. The van der Waals surface area contributed by atoms with Crippen LogP contribution in [0.4, 0.5) is 8.78 Å². The van der Waals surface area contributed by atoms with Crippen molar-refractivity contribution in [2.75, 3.05) is 26.2 Å². The fraction of sp³-hybridized carbons (Fsp3) is 0.588. The lowest BCUT2D eigenvalue weighted by atomic mass is 9.81. The van der Waals surface area contributed by atoms with Gasteiger partial charge in [-0.3, -0.25) is 4.79 Å². The van der Waals surface area contributed by atoms with E-state index < -0.39 is 32.1 Å². The zero-order valence-electron chi connectivity index (χ0n) is 14.5. The first-order valence-electron chi connectivity index (χ1n) is 8.77. The minimum Gasteiger partial charge on any atom is -0.338 e. The molecule has 0 spiro atoms. The first-order chi connectivity index (χ1) is 12.2. The molecule has 0 radical (unpaired) electrons. The Morgan fingerprint density at radius 3 is 2.23 bits per heavy atom. The van der Waals surface area contributed by atoms with Gasteiger partial charge in [-0.25, -0.2) is 17.2 Å². The molecule has 1 aliphatic carbocycles. The molecule has 0 atom stereocenters. The zero-order chi connectivity index (χ0) is 18.9. The maximum atomic E-state index is 13.9. The van der Waals surface area contributed by atoms with Crippen LogP contribution in [0.5, 0.6) is 0 Å². The van der Waals surface area contributed by atoms with E-state index >= 15 is 0 Å². The van der Waals surface area contributed by atoms with E-state index in [9.17, 15) is 22.0 Å². The van der Waals surface area contributed by atoms with Crippen LogP contribution in [-0.4, -0.2) is 55.2 Å². The third kappa shape index (κ3) is 3.60. The Hall–Kier alpha value is -1.58. The van der Waals surface area contributed by atoms with Crippen LogP contribution in [0.1, 0.15) is 32.1 Å². The number of halogens is 2. The summed E-state index contributed by atoms with van der Waals surface area (Å²) in [6.45, 7) is 0.529. The zero-order valence-corrected chi connectivity index (χ0v) is 15.3. The van der Waals surface area contributed by atoms with Gasteiger partial charge in [0.25, 0.3) is 0 Å². The normalized spacial score (nSPS) is 21.6. The molecule has 144 valence electrons. The highest BCUT2D eigenvalue weighted by Gasteiger charge is 2.40. The van der Waals surface area contributed by atoms with E-state index in [2.05, 4.69) is 0 Å². The van der Waals surface area contributed by atoms with Gasteiger partial charge < -0.3 is 10.6 Å². The van der Waals surface area contributed by atoms with Crippen molar-refractivity contribution >= 4 is 15.9 Å². The lowest BCUT2D eigenvalue weighted by Crippen LogP contribution is -2.60. The molecule has 3 rings (SSSR count). The molecule has 0 bridgehead atoms. The smallest absolute Gasteiger partial charge is 0.246 e. The second kappa shape index (κ2) is 7.21. The molecular formula is C17H23F2N3O3S. The number of benzene rings is 1. The summed E-state index contributed by atoms with van der Waals surface area (Å²) in [5.74, 6) is -2.09. The quantitative estimate of drug-likeness (QED) is 0.851. The van der Waals surface area contributed by atoms with Gasteiger partial charge in [0.05, 0.1) is 5.54 Å². The van der Waals surface area contributed by atoms with E-state index in [0.29, 0.717) is 18.9 Å². The van der Waals surface area contributed by atoms with Gasteiger partial charge in [-0.1, -0.05) is 19.3 Å². The SMILES string of the molecule is NC1(C(=O)N2CCN(S(=O)(=O)c3ccc(F)cc3F)CC2)CCCCC1. The molecule has 6 nitrogen and oxygen atoms in total. The van der Waals surface area contributed by atoms with Crippen LogP contribution in [0.3, 0.4) is 0 Å². The maximum absolute atomic E-state index is 13.9. The minimum absolute atomic E-state index is 0.0565. The van der Waals surface area contributed by atoms with Crippen molar-refractivity contribution in [1.82, 2.24) is 9.21 Å². The van der Waals surface area contributed by atoms with Gasteiger partial charge >= 0.3 is 0 Å². The molecule has 0 unspecified atom stereocenters. The fourth-order valence-electron chi connectivity index (χ4n) is 3.67. The van der Waals surface area contributed by atoms with E-state index in [0.717, 1.165) is 35.7 Å².